The molecule has 0 saturated carbocycles. The van der Waals surface area contributed by atoms with Crippen LogP contribution in [-0.4, -0.2) is 23.5 Å². The van der Waals surface area contributed by atoms with Crippen LogP contribution in [0.2, 0.25) is 0 Å². The quantitative estimate of drug-likeness (QED) is 0.311. The number of rotatable bonds is 6. The molecule has 2 aromatic rings. The number of Topliss-reactive ketones (excluding diaryl/α,β-unsaturated/α-hetero) is 1. The molecule has 0 aliphatic heterocycles. The van der Waals surface area contributed by atoms with E-state index < -0.39 is 23.2 Å². The van der Waals surface area contributed by atoms with Gasteiger partial charge in [-0.25, -0.2) is 10.8 Å². The summed E-state index contributed by atoms with van der Waals surface area (Å²) in [5.41, 5.74) is 1.46. The Morgan fingerprint density at radius 1 is 1.11 bits per heavy atom. The molecule has 0 fully saturated rings. The average Bonchev–Trinajstić information content (AvgIpc) is 2.66. The predicted molar refractivity (Wildman–Crippen MR) is 97.8 cm³/mol. The highest BCUT2D eigenvalue weighted by Crippen LogP contribution is 2.31. The summed E-state index contributed by atoms with van der Waals surface area (Å²) in [4.78, 5) is 20.0. The molecule has 2 aromatic carbocycles. The van der Waals surface area contributed by atoms with Crippen molar-refractivity contribution in [1.82, 2.24) is 5.43 Å². The fraction of sp³-hybridized carbons (Fsp3) is 0.111. The van der Waals surface area contributed by atoms with E-state index in [-0.39, 0.29) is 17.9 Å². The van der Waals surface area contributed by atoms with Gasteiger partial charge in [0.2, 0.25) is 0 Å². The lowest BCUT2D eigenvalue weighted by molar-refractivity contribution is -0.137. The molecular weight excluding hydrogens is 359 g/mol. The number of nitrogens with zero attached hydrogens (tertiary/aromatic N) is 2. The summed E-state index contributed by atoms with van der Waals surface area (Å²) in [7, 11) is 0. The molecule has 0 atom stereocenters. The van der Waals surface area contributed by atoms with Crippen LogP contribution in [0.25, 0.3) is 0 Å². The number of aliphatic imine (C=N–C) groups is 2. The SMILES string of the molecule is N=C(C(=O)CC=Nc1cccc(C(F)(F)F)c1)C(=Nc1ccccc1)NN. The number of nitrogens with two attached hydrogens (primary N) is 1. The Kier molecular flexibility index (Phi) is 6.56. The van der Waals surface area contributed by atoms with Crippen LogP contribution in [0.5, 0.6) is 0 Å². The molecular formula is C18H16F3N5O. The van der Waals surface area contributed by atoms with E-state index in [9.17, 15) is 18.0 Å². The average molecular weight is 375 g/mol. The molecule has 0 amide bonds. The van der Waals surface area contributed by atoms with E-state index in [1.165, 1.54) is 12.1 Å². The number of carbonyl (C=O) groups excluding carboxylic acids is 1. The number of hydrogen-bond acceptors (Lipinski definition) is 5. The molecule has 0 aliphatic rings. The van der Waals surface area contributed by atoms with Crippen LogP contribution in [-0.2, 0) is 11.0 Å². The highest BCUT2D eigenvalue weighted by atomic mass is 19.4. The van der Waals surface area contributed by atoms with Crippen LogP contribution in [0, 0.1) is 5.41 Å². The van der Waals surface area contributed by atoms with Crippen molar-refractivity contribution >= 4 is 34.9 Å². The summed E-state index contributed by atoms with van der Waals surface area (Å²) in [6.07, 6.45) is -3.62. The molecule has 0 spiro atoms. The van der Waals surface area contributed by atoms with Crippen molar-refractivity contribution in [3.63, 3.8) is 0 Å². The number of alkyl halides is 3. The standard InChI is InChI=1S/C18H16F3N5O/c19-18(20,21)12-5-4-8-14(11-12)24-10-9-15(27)16(22)17(26-23)25-13-6-2-1-3-7-13/h1-8,10-11,22H,9,23H2,(H,25,26). The highest BCUT2D eigenvalue weighted by molar-refractivity contribution is 6.66. The van der Waals surface area contributed by atoms with Crippen LogP contribution < -0.4 is 11.3 Å². The van der Waals surface area contributed by atoms with Crippen molar-refractivity contribution in [2.24, 2.45) is 15.8 Å². The lowest BCUT2D eigenvalue weighted by Gasteiger charge is -2.06. The number of ketones is 1. The van der Waals surface area contributed by atoms with E-state index in [0.717, 1.165) is 18.3 Å². The third kappa shape index (κ3) is 5.86. The van der Waals surface area contributed by atoms with Crippen LogP contribution in [0.4, 0.5) is 24.5 Å². The Bertz CT molecular complexity index is 876. The zero-order chi connectivity index (χ0) is 19.9. The first kappa shape index (κ1) is 20.0. The number of amidine groups is 1. The third-order valence-electron chi connectivity index (χ3n) is 3.34. The van der Waals surface area contributed by atoms with E-state index in [1.807, 2.05) is 0 Å². The van der Waals surface area contributed by atoms with Gasteiger partial charge in [-0.3, -0.25) is 15.2 Å². The zero-order valence-corrected chi connectivity index (χ0v) is 14.0. The van der Waals surface area contributed by atoms with Crippen molar-refractivity contribution < 1.29 is 18.0 Å². The number of para-hydroxylation sites is 1. The van der Waals surface area contributed by atoms with Crippen molar-refractivity contribution in [2.45, 2.75) is 12.6 Å². The minimum absolute atomic E-state index is 0.0549. The maximum Gasteiger partial charge on any atom is 0.416 e. The zero-order valence-electron chi connectivity index (χ0n) is 14.0. The van der Waals surface area contributed by atoms with Crippen LogP contribution in [0.1, 0.15) is 12.0 Å². The van der Waals surface area contributed by atoms with Gasteiger partial charge in [-0.15, -0.1) is 0 Å². The van der Waals surface area contributed by atoms with Gasteiger partial charge in [-0.1, -0.05) is 24.3 Å². The van der Waals surface area contributed by atoms with Gasteiger partial charge >= 0.3 is 6.18 Å². The molecule has 0 heterocycles. The monoisotopic (exact) mass is 375 g/mol. The van der Waals surface area contributed by atoms with Crippen LogP contribution in [0.15, 0.2) is 64.6 Å². The summed E-state index contributed by atoms with van der Waals surface area (Å²) in [6, 6.07) is 13.0. The van der Waals surface area contributed by atoms with Crippen molar-refractivity contribution in [2.75, 3.05) is 0 Å². The lowest BCUT2D eigenvalue weighted by atomic mass is 10.1. The van der Waals surface area contributed by atoms with Gasteiger partial charge in [0.05, 0.1) is 16.9 Å². The number of hydrogen-bond donors (Lipinski definition) is 3. The first-order valence-electron chi connectivity index (χ1n) is 7.73. The van der Waals surface area contributed by atoms with Crippen LogP contribution >= 0.6 is 0 Å². The van der Waals surface area contributed by atoms with Gasteiger partial charge in [0, 0.05) is 12.6 Å². The molecule has 0 unspecified atom stereocenters. The molecule has 0 bridgehead atoms. The summed E-state index contributed by atoms with van der Waals surface area (Å²) >= 11 is 0. The van der Waals surface area contributed by atoms with Gasteiger partial charge in [-0.05, 0) is 30.3 Å². The Morgan fingerprint density at radius 2 is 1.78 bits per heavy atom. The number of nitrogens with one attached hydrogen (secondary N) is 2. The van der Waals surface area contributed by atoms with E-state index in [0.29, 0.717) is 5.69 Å². The smallest absolute Gasteiger partial charge is 0.307 e. The second kappa shape index (κ2) is 8.86. The number of benzene rings is 2. The van der Waals surface area contributed by atoms with Crippen LogP contribution in [0.3, 0.4) is 0 Å². The predicted octanol–water partition coefficient (Wildman–Crippen LogP) is 3.58. The van der Waals surface area contributed by atoms with E-state index >= 15 is 0 Å². The molecule has 27 heavy (non-hydrogen) atoms. The Morgan fingerprint density at radius 3 is 2.41 bits per heavy atom. The Hall–Kier alpha value is -3.33. The molecule has 0 saturated heterocycles. The van der Waals surface area contributed by atoms with Crippen molar-refractivity contribution in [3.8, 4) is 0 Å². The van der Waals surface area contributed by atoms with Gasteiger partial charge in [-0.2, -0.15) is 13.2 Å². The topological polar surface area (TPSA) is 104 Å². The van der Waals surface area contributed by atoms with Crippen molar-refractivity contribution in [1.29, 1.82) is 5.41 Å². The van der Waals surface area contributed by atoms with Crippen molar-refractivity contribution in [3.05, 3.63) is 60.2 Å². The highest BCUT2D eigenvalue weighted by Gasteiger charge is 2.30. The number of carbonyl (C=O) groups is 1. The van der Waals surface area contributed by atoms with E-state index in [1.54, 1.807) is 30.3 Å². The Labute approximate surface area is 153 Å². The number of halogens is 3. The van der Waals surface area contributed by atoms with Gasteiger partial charge in [0.25, 0.3) is 0 Å². The second-order valence-corrected chi connectivity index (χ2v) is 5.30. The largest absolute Gasteiger partial charge is 0.416 e. The molecule has 140 valence electrons. The number of hydrazine groups is 1. The molecule has 2 rings (SSSR count). The first-order chi connectivity index (χ1) is 12.8. The summed E-state index contributed by atoms with van der Waals surface area (Å²) in [6.45, 7) is 0. The summed E-state index contributed by atoms with van der Waals surface area (Å²) in [5, 5.41) is 7.87. The minimum Gasteiger partial charge on any atom is -0.307 e. The lowest BCUT2D eigenvalue weighted by Crippen LogP contribution is -2.39. The molecule has 4 N–H and O–H groups in total. The molecule has 6 nitrogen and oxygen atoms in total. The van der Waals surface area contributed by atoms with Gasteiger partial charge < -0.3 is 5.43 Å². The molecule has 0 aliphatic carbocycles. The van der Waals surface area contributed by atoms with E-state index in [4.69, 9.17) is 11.3 Å². The Balaban J connectivity index is 2.05. The molecule has 0 aromatic heterocycles. The second-order valence-electron chi connectivity index (χ2n) is 5.30. The van der Waals surface area contributed by atoms with Gasteiger partial charge in [0.15, 0.2) is 11.6 Å². The fourth-order valence-corrected chi connectivity index (χ4v) is 2.02. The minimum atomic E-state index is -4.47. The summed E-state index contributed by atoms with van der Waals surface area (Å²) in [5.74, 6) is 4.56. The third-order valence-corrected chi connectivity index (χ3v) is 3.34. The first-order valence-corrected chi connectivity index (χ1v) is 7.73. The molecule has 9 heteroatoms. The normalized spacial score (nSPS) is 12.2. The summed E-state index contributed by atoms with van der Waals surface area (Å²) < 4.78 is 38.0. The maximum absolute atomic E-state index is 12.7. The van der Waals surface area contributed by atoms with E-state index in [2.05, 4.69) is 15.4 Å². The fourth-order valence-electron chi connectivity index (χ4n) is 2.02. The maximum atomic E-state index is 12.7. The van der Waals surface area contributed by atoms with Gasteiger partial charge in [0.1, 0.15) is 5.71 Å². The molecule has 0 radical (unpaired) electrons.